The third kappa shape index (κ3) is 18.0. The van der Waals surface area contributed by atoms with E-state index < -0.39 is 44.6 Å². The Hall–Kier alpha value is -10.2. The fourth-order valence-corrected chi connectivity index (χ4v) is 22.5. The maximum Gasteiger partial charge on any atom is 0.269 e. The van der Waals surface area contributed by atoms with Crippen molar-refractivity contribution in [3.8, 4) is 73.3 Å². The monoisotopic (exact) mass is 2050 g/mol. The van der Waals surface area contributed by atoms with Crippen molar-refractivity contribution in [2.45, 2.75) is 59.9 Å². The first-order chi connectivity index (χ1) is 57.2. The Balaban J connectivity index is 0.000000130. The maximum absolute atomic E-state index is 13.2. The minimum atomic E-state index is -3.75. The quantitative estimate of drug-likeness (QED) is 0.0417. The molecule has 0 saturated carbocycles. The number of para-hydroxylation sites is 5. The molecule has 17 aromatic rings. The van der Waals surface area contributed by atoms with Crippen molar-refractivity contribution in [1.82, 2.24) is 36.1 Å². The number of halogens is 4. The molecule has 0 radical (unpaired) electrons. The normalized spacial score (nSPS) is 11.9. The van der Waals surface area contributed by atoms with Crippen LogP contribution in [0.15, 0.2) is 342 Å². The number of methoxy groups -OCH3 is 3. The van der Waals surface area contributed by atoms with Crippen molar-refractivity contribution < 1.29 is 48.9 Å². The van der Waals surface area contributed by atoms with Gasteiger partial charge in [0.05, 0.1) is 21.8 Å². The van der Waals surface area contributed by atoms with Gasteiger partial charge in [0.2, 0.25) is 0 Å². The molecule has 9 aromatic carbocycles. The van der Waals surface area contributed by atoms with Crippen LogP contribution in [-0.2, 0) is 39.5 Å². The second-order valence-corrected chi connectivity index (χ2v) is 43.6. The molecule has 0 saturated heterocycles. The van der Waals surface area contributed by atoms with Gasteiger partial charge in [-0.2, -0.15) is 0 Å². The Morgan fingerprint density at radius 1 is 0.370 bits per heavy atom. The van der Waals surface area contributed by atoms with Gasteiger partial charge in [-0.25, -0.2) is 57.1 Å². The van der Waals surface area contributed by atoms with Crippen LogP contribution in [0.2, 0.25) is 18.1 Å². The Morgan fingerprint density at radius 3 is 1.02 bits per heavy atom. The Labute approximate surface area is 741 Å². The Kier molecular flexibility index (Phi) is 26.1. The zero-order valence-corrected chi connectivity index (χ0v) is 77.0. The van der Waals surface area contributed by atoms with E-state index in [1.807, 2.05) is 176 Å². The topological polar surface area (TPSA) is 220 Å². The van der Waals surface area contributed by atoms with E-state index in [0.29, 0.717) is 22.7 Å². The first-order valence-corrected chi connectivity index (χ1v) is 48.5. The summed E-state index contributed by atoms with van der Waals surface area (Å²) in [6.07, 6.45) is 13.5. The van der Waals surface area contributed by atoms with E-state index in [-0.39, 0.29) is 19.7 Å². The van der Waals surface area contributed by atoms with Crippen LogP contribution >= 0.6 is 83.7 Å². The van der Waals surface area contributed by atoms with Gasteiger partial charge in [0, 0.05) is 145 Å². The molecular weight excluding hydrogens is 1980 g/mol. The molecule has 8 heterocycles. The van der Waals surface area contributed by atoms with Crippen LogP contribution in [0.5, 0.6) is 28.7 Å². The minimum Gasteiger partial charge on any atom is -0.496 e. The lowest BCUT2D eigenvalue weighted by atomic mass is 10.00. The summed E-state index contributed by atoms with van der Waals surface area (Å²) in [6.45, 7) is 11.8. The lowest BCUT2D eigenvalue weighted by molar-refractivity contribution is -0.105. The van der Waals surface area contributed by atoms with Gasteiger partial charge in [-0.3, -0.25) is 0 Å². The molecule has 0 aliphatic carbocycles. The number of benzene rings is 9. The number of hydrogen-bond acceptors (Lipinski definition) is 15. The molecule has 8 aromatic heterocycles. The van der Waals surface area contributed by atoms with Gasteiger partial charge in [0.15, 0.2) is 31.5 Å². The molecule has 0 atom stereocenters. The number of aromatic nitrogens is 8. The molecule has 0 N–H and O–H groups in total. The molecule has 0 aliphatic rings. The third-order valence-corrected chi connectivity index (χ3v) is 33.8. The highest BCUT2D eigenvalue weighted by atomic mass is 127. The number of pyridine rings is 4. The highest BCUT2D eigenvalue weighted by Crippen LogP contribution is 2.44. The van der Waals surface area contributed by atoms with Gasteiger partial charge < -0.3 is 27.9 Å². The standard InChI is InChI=1S/C25H27BrN2OSi.C25H17IN2O3S.C22H19IN2O4S.C20H15IN2O3S/c1-25(2,3)30(4,5)28-17-22(26)21-15-18(16-27-24(21)28)20-13-9-10-14-23(20)29-19-11-7-6-8-12-19;26-23-17-28(32(29,30)20-11-5-2-6-12-20)25-22(23)15-18(16-27-25)21-13-7-8-14-24(21)31-19-9-3-1-4-10-19;1-28-22(29-2)18-11-7-6-10-17(18)15-12-19-20(23)14-25(21(19)24-13-15)30(26,27)16-8-4-3-5-9-16;1-26-19-10-6-5-9-16(19)14-11-17-18(21)13-23(20(17)22-12-14)27(24,25)15-7-3-2-4-8-15/h6-17H,1-5H3;1-17H;3-14,22H,1-2H3;2-13H,1H3. The van der Waals surface area contributed by atoms with Crippen molar-refractivity contribution in [2.75, 3.05) is 21.3 Å². The van der Waals surface area contributed by atoms with Crippen molar-refractivity contribution in [1.29, 1.82) is 0 Å². The molecule has 17 rings (SSSR count). The molecule has 27 heteroatoms. The largest absolute Gasteiger partial charge is 0.496 e. The fourth-order valence-electron chi connectivity index (χ4n) is 13.3. The first-order valence-electron chi connectivity index (χ1n) is 37.2. The van der Waals surface area contributed by atoms with Crippen molar-refractivity contribution in [2.24, 2.45) is 0 Å². The average Bonchev–Trinajstić information content (AvgIpc) is 1.63. The predicted molar refractivity (Wildman–Crippen MR) is 503 cm³/mol. The number of rotatable bonds is 19. The summed E-state index contributed by atoms with van der Waals surface area (Å²) in [7, 11) is -8.19. The average molecular weight is 2060 g/mol. The number of ether oxygens (including phenoxy) is 5. The van der Waals surface area contributed by atoms with Crippen molar-refractivity contribution in [3.05, 3.63) is 343 Å². The lowest BCUT2D eigenvalue weighted by Gasteiger charge is -2.38. The van der Waals surface area contributed by atoms with E-state index in [2.05, 4.69) is 155 Å². The molecule has 0 aliphatic heterocycles. The molecule has 0 amide bonds. The first kappa shape index (κ1) is 85.2. The van der Waals surface area contributed by atoms with Crippen LogP contribution in [0.3, 0.4) is 0 Å². The van der Waals surface area contributed by atoms with Gasteiger partial charge >= 0.3 is 0 Å². The third-order valence-electron chi connectivity index (χ3n) is 20.3. The summed E-state index contributed by atoms with van der Waals surface area (Å²) in [5.41, 5.74) is 10.4. The molecule has 602 valence electrons. The van der Waals surface area contributed by atoms with E-state index in [0.717, 1.165) is 115 Å². The molecule has 0 unspecified atom stereocenters. The zero-order valence-electron chi connectivity index (χ0n) is 65.5. The summed E-state index contributed by atoms with van der Waals surface area (Å²) in [5, 5.41) is 3.64. The van der Waals surface area contributed by atoms with Gasteiger partial charge in [-0.05, 0) is 197 Å². The van der Waals surface area contributed by atoms with Crippen LogP contribution in [0.4, 0.5) is 0 Å². The minimum absolute atomic E-state index is 0.217. The molecular formula is C92H78BrI3N8O11S3Si. The van der Waals surface area contributed by atoms with Crippen molar-refractivity contribution in [3.63, 3.8) is 0 Å². The summed E-state index contributed by atoms with van der Waals surface area (Å²) in [5.74, 6) is 3.83. The molecule has 0 fully saturated rings. The van der Waals surface area contributed by atoms with E-state index in [9.17, 15) is 25.3 Å². The van der Waals surface area contributed by atoms with E-state index in [1.54, 1.807) is 150 Å². The van der Waals surface area contributed by atoms with E-state index in [4.69, 9.17) is 28.7 Å². The predicted octanol–water partition coefficient (Wildman–Crippen LogP) is 23.8. The van der Waals surface area contributed by atoms with Gasteiger partial charge in [-0.15, -0.1) is 0 Å². The number of hydrogen-bond donors (Lipinski definition) is 0. The fraction of sp³-hybridized carbons (Fsp3) is 0.109. The highest BCUT2D eigenvalue weighted by Gasteiger charge is 2.39. The molecule has 19 nitrogen and oxygen atoms in total. The second kappa shape index (κ2) is 36.4. The number of nitrogens with zero attached hydrogens (tertiary/aromatic N) is 8. The molecule has 119 heavy (non-hydrogen) atoms. The van der Waals surface area contributed by atoms with Crippen LogP contribution < -0.4 is 14.2 Å². The summed E-state index contributed by atoms with van der Waals surface area (Å²) in [4.78, 5) is 19.1. The molecule has 0 spiro atoms. The maximum atomic E-state index is 13.2. The van der Waals surface area contributed by atoms with Gasteiger partial charge in [0.25, 0.3) is 30.1 Å². The highest BCUT2D eigenvalue weighted by molar-refractivity contribution is 14.1. The van der Waals surface area contributed by atoms with Crippen LogP contribution in [-0.4, -0.2) is 90.9 Å². The Bertz CT molecular complexity index is 6900. The zero-order chi connectivity index (χ0) is 84.0. The van der Waals surface area contributed by atoms with E-state index >= 15 is 0 Å². The second-order valence-electron chi connectivity index (χ2n) is 28.7. The molecule has 0 bridgehead atoms. The lowest BCUT2D eigenvalue weighted by Crippen LogP contribution is -2.45. The SMILES string of the molecule is CC(C)(C)[Si](C)(C)n1cc(Br)c2cc(-c3ccccc3Oc3ccccc3)cnc21.COC(OC)c1ccccc1-c1cnc2c(c1)c(I)cn2S(=O)(=O)c1ccccc1.COc1ccccc1-c1cnc2c(c1)c(I)cn2S(=O)(=O)c1ccccc1.O=S(=O)(c1ccccc1)n1cc(I)c2cc(-c3ccccc3Oc3ccccc3)cnc21. The van der Waals surface area contributed by atoms with Crippen molar-refractivity contribution >= 4 is 166 Å². The van der Waals surface area contributed by atoms with Gasteiger partial charge in [0.1, 0.15) is 34.4 Å². The van der Waals surface area contributed by atoms with Crippen LogP contribution in [0.25, 0.3) is 88.6 Å². The Morgan fingerprint density at radius 2 is 0.664 bits per heavy atom. The summed E-state index contributed by atoms with van der Waals surface area (Å²) >= 11 is 10.2. The smallest absolute Gasteiger partial charge is 0.269 e. The van der Waals surface area contributed by atoms with E-state index in [1.165, 1.54) is 11.9 Å². The van der Waals surface area contributed by atoms with Crippen LogP contribution in [0, 0.1) is 10.7 Å². The van der Waals surface area contributed by atoms with Gasteiger partial charge in [-0.1, -0.05) is 204 Å². The summed E-state index contributed by atoms with van der Waals surface area (Å²) < 4.78 is 117. The number of fused-ring (bicyclic) bond motifs is 4. The van der Waals surface area contributed by atoms with Crippen LogP contribution in [0.1, 0.15) is 32.6 Å². The summed E-state index contributed by atoms with van der Waals surface area (Å²) in [6, 6.07) is 83.8.